The van der Waals surface area contributed by atoms with Crippen LogP contribution in [0.4, 0.5) is 13.2 Å². The van der Waals surface area contributed by atoms with Crippen LogP contribution in [0.15, 0.2) is 54.6 Å². The van der Waals surface area contributed by atoms with E-state index in [0.29, 0.717) is 17.0 Å². The summed E-state index contributed by atoms with van der Waals surface area (Å²) in [7, 11) is 1.70. The largest absolute Gasteiger partial charge is 0.478 e. The Kier molecular flexibility index (Phi) is 4.08. The molecule has 3 aromatic rings. The van der Waals surface area contributed by atoms with Crippen molar-refractivity contribution in [2.45, 2.75) is 6.18 Å². The first-order valence-corrected chi connectivity index (χ1v) is 7.31. The fraction of sp³-hybridized carbons (Fsp3) is 0.111. The molecule has 0 atom stereocenters. The summed E-state index contributed by atoms with van der Waals surface area (Å²) in [6.45, 7) is 0. The number of hydrogen-bond acceptors (Lipinski definition) is 2. The number of hydrogen-bond donors (Lipinski definition) is 1. The highest BCUT2D eigenvalue weighted by atomic mass is 19.4. The molecule has 7 heteroatoms. The summed E-state index contributed by atoms with van der Waals surface area (Å²) in [6.07, 6.45) is -4.37. The number of alkyl halides is 3. The molecule has 4 nitrogen and oxygen atoms in total. The van der Waals surface area contributed by atoms with Crippen LogP contribution < -0.4 is 0 Å². The van der Waals surface area contributed by atoms with Crippen LogP contribution in [0, 0.1) is 0 Å². The molecule has 0 radical (unpaired) electrons. The molecule has 0 bridgehead atoms. The Balaban J connectivity index is 1.93. The Hall–Kier alpha value is -3.09. The zero-order chi connectivity index (χ0) is 18.2. The van der Waals surface area contributed by atoms with Crippen molar-refractivity contribution >= 4 is 5.97 Å². The third-order valence-electron chi connectivity index (χ3n) is 3.82. The van der Waals surface area contributed by atoms with Crippen molar-refractivity contribution in [3.63, 3.8) is 0 Å². The van der Waals surface area contributed by atoms with E-state index in [-0.39, 0.29) is 5.56 Å². The van der Waals surface area contributed by atoms with Crippen molar-refractivity contribution in [2.75, 3.05) is 0 Å². The number of carbonyl (C=O) groups is 1. The summed E-state index contributed by atoms with van der Waals surface area (Å²) in [5, 5.41) is 13.3. The van der Waals surface area contributed by atoms with Gasteiger partial charge in [0.15, 0.2) is 0 Å². The lowest BCUT2D eigenvalue weighted by Gasteiger charge is -2.07. The summed E-state index contributed by atoms with van der Waals surface area (Å²) < 4.78 is 39.5. The molecule has 2 aromatic carbocycles. The third-order valence-corrected chi connectivity index (χ3v) is 3.82. The smallest absolute Gasteiger partial charge is 0.416 e. The predicted molar refractivity (Wildman–Crippen MR) is 86.0 cm³/mol. The average Bonchev–Trinajstić information content (AvgIpc) is 2.96. The molecule has 0 spiro atoms. The molecular formula is C18H13F3N2O2. The molecule has 3 rings (SSSR count). The van der Waals surface area contributed by atoms with Crippen molar-refractivity contribution in [3.8, 4) is 22.5 Å². The van der Waals surface area contributed by atoms with Crippen LogP contribution in [0.2, 0.25) is 0 Å². The SMILES string of the molecule is Cn1nc(-c2ccc(C(=O)O)cc2)cc1-c1ccc(C(F)(F)F)cc1. The number of rotatable bonds is 3. The van der Waals surface area contributed by atoms with E-state index in [1.165, 1.54) is 24.3 Å². The highest BCUT2D eigenvalue weighted by molar-refractivity contribution is 5.88. The maximum absolute atomic E-state index is 12.7. The van der Waals surface area contributed by atoms with E-state index in [9.17, 15) is 18.0 Å². The number of halogens is 3. The molecule has 0 saturated heterocycles. The minimum Gasteiger partial charge on any atom is -0.478 e. The van der Waals surface area contributed by atoms with Gasteiger partial charge in [0.25, 0.3) is 0 Å². The van der Waals surface area contributed by atoms with Gasteiger partial charge in [-0.05, 0) is 35.9 Å². The monoisotopic (exact) mass is 346 g/mol. The zero-order valence-electron chi connectivity index (χ0n) is 13.1. The number of aryl methyl sites for hydroxylation is 1. The van der Waals surface area contributed by atoms with Crippen molar-refractivity contribution in [2.24, 2.45) is 7.05 Å². The molecule has 1 N–H and O–H groups in total. The lowest BCUT2D eigenvalue weighted by Crippen LogP contribution is -2.04. The van der Waals surface area contributed by atoms with Crippen molar-refractivity contribution in [1.29, 1.82) is 0 Å². The van der Waals surface area contributed by atoms with E-state index in [1.807, 2.05) is 0 Å². The quantitative estimate of drug-likeness (QED) is 0.761. The first-order valence-electron chi connectivity index (χ1n) is 7.31. The van der Waals surface area contributed by atoms with E-state index in [2.05, 4.69) is 5.10 Å². The number of benzene rings is 2. The van der Waals surface area contributed by atoms with Crippen LogP contribution >= 0.6 is 0 Å². The molecule has 1 heterocycles. The predicted octanol–water partition coefficient (Wildman–Crippen LogP) is 4.47. The molecule has 1 aromatic heterocycles. The number of aromatic carboxylic acids is 1. The number of nitrogens with zero attached hydrogens (tertiary/aromatic N) is 2. The van der Waals surface area contributed by atoms with Gasteiger partial charge >= 0.3 is 12.1 Å². The number of carboxylic acids is 1. The van der Waals surface area contributed by atoms with Crippen LogP contribution in [0.1, 0.15) is 15.9 Å². The second-order valence-electron chi connectivity index (χ2n) is 5.50. The fourth-order valence-electron chi connectivity index (χ4n) is 2.49. The third kappa shape index (κ3) is 3.40. The molecule has 0 aliphatic heterocycles. The molecule has 0 amide bonds. The highest BCUT2D eigenvalue weighted by Gasteiger charge is 2.30. The average molecular weight is 346 g/mol. The van der Waals surface area contributed by atoms with Crippen molar-refractivity contribution in [1.82, 2.24) is 9.78 Å². The second-order valence-corrected chi connectivity index (χ2v) is 5.50. The highest BCUT2D eigenvalue weighted by Crippen LogP contribution is 2.32. The lowest BCUT2D eigenvalue weighted by atomic mass is 10.1. The summed E-state index contributed by atoms with van der Waals surface area (Å²) in [6, 6.07) is 12.8. The molecule has 0 fully saturated rings. The second kappa shape index (κ2) is 6.08. The van der Waals surface area contributed by atoms with Crippen LogP contribution in [-0.2, 0) is 13.2 Å². The normalized spacial score (nSPS) is 11.5. The molecule has 0 aliphatic carbocycles. The lowest BCUT2D eigenvalue weighted by molar-refractivity contribution is -0.137. The Bertz CT molecular complexity index is 911. The van der Waals surface area contributed by atoms with Gasteiger partial charge in [0.05, 0.1) is 22.5 Å². The Morgan fingerprint density at radius 2 is 1.56 bits per heavy atom. The summed E-state index contributed by atoms with van der Waals surface area (Å²) >= 11 is 0. The van der Waals surface area contributed by atoms with Gasteiger partial charge in [-0.2, -0.15) is 18.3 Å². The minimum atomic E-state index is -4.37. The van der Waals surface area contributed by atoms with Gasteiger partial charge in [-0.15, -0.1) is 0 Å². The molecule has 0 unspecified atom stereocenters. The van der Waals surface area contributed by atoms with E-state index in [4.69, 9.17) is 5.11 Å². The van der Waals surface area contributed by atoms with Gasteiger partial charge in [0, 0.05) is 12.6 Å². The standard InChI is InChI=1S/C18H13F3N2O2/c1-23-16(12-6-8-14(9-7-12)18(19,20)21)10-15(22-23)11-2-4-13(5-3-11)17(24)25/h2-10H,1H3,(H,24,25). The Morgan fingerprint density at radius 3 is 2.08 bits per heavy atom. The summed E-state index contributed by atoms with van der Waals surface area (Å²) in [5.74, 6) is -1.02. The first kappa shape index (κ1) is 16.8. The summed E-state index contributed by atoms with van der Waals surface area (Å²) in [5.41, 5.74) is 2.06. The van der Waals surface area contributed by atoms with Gasteiger partial charge in [-0.25, -0.2) is 4.79 Å². The first-order chi connectivity index (χ1) is 11.8. The van der Waals surface area contributed by atoms with Gasteiger partial charge in [0.2, 0.25) is 0 Å². The fourth-order valence-corrected chi connectivity index (χ4v) is 2.49. The van der Waals surface area contributed by atoms with Crippen LogP contribution in [0.25, 0.3) is 22.5 Å². The van der Waals surface area contributed by atoms with E-state index in [1.54, 1.807) is 29.9 Å². The van der Waals surface area contributed by atoms with Gasteiger partial charge in [0.1, 0.15) is 0 Å². The summed E-state index contributed by atoms with van der Waals surface area (Å²) in [4.78, 5) is 10.9. The van der Waals surface area contributed by atoms with Gasteiger partial charge in [-0.3, -0.25) is 4.68 Å². The Labute approximate surface area is 141 Å². The number of aromatic nitrogens is 2. The maximum Gasteiger partial charge on any atom is 0.416 e. The van der Waals surface area contributed by atoms with E-state index in [0.717, 1.165) is 17.7 Å². The van der Waals surface area contributed by atoms with Crippen molar-refractivity contribution in [3.05, 3.63) is 65.7 Å². The molecule has 0 saturated carbocycles. The van der Waals surface area contributed by atoms with E-state index < -0.39 is 17.7 Å². The van der Waals surface area contributed by atoms with Gasteiger partial charge < -0.3 is 5.11 Å². The molecule has 0 aliphatic rings. The zero-order valence-corrected chi connectivity index (χ0v) is 13.1. The van der Waals surface area contributed by atoms with Crippen molar-refractivity contribution < 1.29 is 23.1 Å². The molecule has 25 heavy (non-hydrogen) atoms. The minimum absolute atomic E-state index is 0.169. The van der Waals surface area contributed by atoms with Crippen LogP contribution in [0.5, 0.6) is 0 Å². The number of carboxylic acid groups (broad SMARTS) is 1. The molecule has 128 valence electrons. The topological polar surface area (TPSA) is 55.1 Å². The van der Waals surface area contributed by atoms with Crippen LogP contribution in [-0.4, -0.2) is 20.9 Å². The molecular weight excluding hydrogens is 333 g/mol. The van der Waals surface area contributed by atoms with E-state index >= 15 is 0 Å². The van der Waals surface area contributed by atoms with Gasteiger partial charge in [-0.1, -0.05) is 24.3 Å². The van der Waals surface area contributed by atoms with Crippen LogP contribution in [0.3, 0.4) is 0 Å². The maximum atomic E-state index is 12.7. The Morgan fingerprint density at radius 1 is 1.00 bits per heavy atom.